The van der Waals surface area contributed by atoms with Crippen LogP contribution in [0.3, 0.4) is 0 Å². The number of ether oxygens (including phenoxy) is 1. The smallest absolute Gasteiger partial charge is 0.255 e. The van der Waals surface area contributed by atoms with Crippen LogP contribution >= 0.6 is 34.3 Å². The number of rotatable bonds is 5. The van der Waals surface area contributed by atoms with Gasteiger partial charge in [-0.15, -0.1) is 22.7 Å². The van der Waals surface area contributed by atoms with Gasteiger partial charge in [-0.1, -0.05) is 29.8 Å². The topological polar surface area (TPSA) is 58.6 Å². The number of hydrogen-bond acceptors (Lipinski definition) is 5. The lowest BCUT2D eigenvalue weighted by atomic mass is 9.68. The van der Waals surface area contributed by atoms with Crippen LogP contribution in [-0.2, 0) is 5.41 Å². The summed E-state index contributed by atoms with van der Waals surface area (Å²) in [5.74, 6) is 0.253. The normalized spacial score (nSPS) is 22.3. The summed E-state index contributed by atoms with van der Waals surface area (Å²) in [6, 6.07) is 8.39. The number of halogens is 1. The van der Waals surface area contributed by atoms with Gasteiger partial charge in [0.15, 0.2) is 5.75 Å². The maximum atomic E-state index is 12.8. The van der Waals surface area contributed by atoms with Gasteiger partial charge < -0.3 is 15.2 Å². The summed E-state index contributed by atoms with van der Waals surface area (Å²) in [7, 11) is 1.52. The van der Waals surface area contributed by atoms with Crippen molar-refractivity contribution < 1.29 is 14.6 Å². The van der Waals surface area contributed by atoms with E-state index in [1.165, 1.54) is 34.1 Å². The summed E-state index contributed by atoms with van der Waals surface area (Å²) in [6.07, 6.45) is 2.92. The van der Waals surface area contributed by atoms with Crippen molar-refractivity contribution in [1.82, 2.24) is 5.32 Å². The lowest BCUT2D eigenvalue weighted by Crippen LogP contribution is -2.44. The summed E-state index contributed by atoms with van der Waals surface area (Å²) >= 11 is 9.14. The van der Waals surface area contributed by atoms with E-state index in [0.717, 1.165) is 25.7 Å². The number of methoxy groups -OCH3 is 1. The predicted octanol–water partition coefficient (Wildman–Crippen LogP) is 5.23. The molecule has 0 aliphatic heterocycles. The van der Waals surface area contributed by atoms with Crippen LogP contribution in [0, 0.1) is 0 Å². The average Bonchev–Trinajstić information content (AvgIpc) is 3.31. The fourth-order valence-electron chi connectivity index (χ4n) is 4.10. The van der Waals surface area contributed by atoms with Crippen LogP contribution in [0.25, 0.3) is 10.1 Å². The molecule has 4 nitrogen and oxygen atoms in total. The monoisotopic (exact) mass is 435 g/mol. The van der Waals surface area contributed by atoms with E-state index in [0.29, 0.717) is 22.2 Å². The van der Waals surface area contributed by atoms with Crippen molar-refractivity contribution in [2.24, 2.45) is 0 Å². The summed E-state index contributed by atoms with van der Waals surface area (Å²) < 4.78 is 7.01. The molecule has 1 aromatic carbocycles. The molecule has 0 radical (unpaired) electrons. The largest absolute Gasteiger partial charge is 0.493 e. The Morgan fingerprint density at radius 3 is 2.79 bits per heavy atom. The number of amides is 1. The molecule has 3 aromatic rings. The van der Waals surface area contributed by atoms with Gasteiger partial charge in [0.2, 0.25) is 0 Å². The van der Waals surface area contributed by atoms with E-state index >= 15 is 0 Å². The fraction of sp³-hybridized carbons (Fsp3) is 0.381. The van der Waals surface area contributed by atoms with Gasteiger partial charge in [0.1, 0.15) is 4.34 Å². The Morgan fingerprint density at radius 2 is 2.04 bits per heavy atom. The molecule has 0 bridgehead atoms. The first-order valence-corrected chi connectivity index (χ1v) is 11.4. The average molecular weight is 436 g/mol. The molecule has 0 unspecified atom stereocenters. The number of thiophene rings is 2. The molecule has 2 N–H and O–H groups in total. The number of carbonyl (C=O) groups is 1. The van der Waals surface area contributed by atoms with Gasteiger partial charge in [-0.05, 0) is 48.1 Å². The van der Waals surface area contributed by atoms with E-state index in [2.05, 4.69) is 28.9 Å². The molecule has 0 spiro atoms. The van der Waals surface area contributed by atoms with Crippen LogP contribution in [0.5, 0.6) is 5.75 Å². The van der Waals surface area contributed by atoms with Gasteiger partial charge >= 0.3 is 0 Å². The van der Waals surface area contributed by atoms with Crippen molar-refractivity contribution >= 4 is 50.3 Å². The molecule has 0 saturated heterocycles. The van der Waals surface area contributed by atoms with Crippen LogP contribution in [0.15, 0.2) is 35.0 Å². The number of fused-ring (bicyclic) bond motifs is 1. The van der Waals surface area contributed by atoms with Crippen LogP contribution in [-0.4, -0.2) is 30.8 Å². The Balaban J connectivity index is 1.63. The standard InChI is InChI=1S/C21H22ClNO3S2/c1-26-18-15(10-28-19(18)22)20(25)23-12-21(8-6-13(24)7-9-21)16-11-27-17-5-3-2-4-14(16)17/h2-5,10-11,13,24H,6-9,12H2,1H3,(H,23,25)/t13-,21-. The highest BCUT2D eigenvalue weighted by Crippen LogP contribution is 2.44. The van der Waals surface area contributed by atoms with Crippen LogP contribution in [0.2, 0.25) is 4.34 Å². The van der Waals surface area contributed by atoms with Crippen LogP contribution in [0.1, 0.15) is 41.6 Å². The number of hydrogen-bond donors (Lipinski definition) is 2. The van der Waals surface area contributed by atoms with Crippen LogP contribution < -0.4 is 10.1 Å². The maximum Gasteiger partial charge on any atom is 0.255 e. The quantitative estimate of drug-likeness (QED) is 0.577. The molecule has 7 heteroatoms. The van der Waals surface area contributed by atoms with Gasteiger partial charge in [0, 0.05) is 22.0 Å². The summed E-state index contributed by atoms with van der Waals surface area (Å²) in [4.78, 5) is 12.8. The van der Waals surface area contributed by atoms with E-state index < -0.39 is 0 Å². The van der Waals surface area contributed by atoms with Gasteiger partial charge in [-0.25, -0.2) is 0 Å². The molecule has 1 fully saturated rings. The Kier molecular flexibility index (Phi) is 5.65. The summed E-state index contributed by atoms with van der Waals surface area (Å²) in [5.41, 5.74) is 1.57. The number of benzene rings is 1. The zero-order chi connectivity index (χ0) is 19.7. The van der Waals surface area contributed by atoms with Gasteiger partial charge in [0.25, 0.3) is 5.91 Å². The first-order valence-electron chi connectivity index (χ1n) is 9.28. The van der Waals surface area contributed by atoms with Crippen LogP contribution in [0.4, 0.5) is 0 Å². The Morgan fingerprint density at radius 1 is 1.29 bits per heavy atom. The van der Waals surface area contributed by atoms with E-state index in [4.69, 9.17) is 16.3 Å². The minimum Gasteiger partial charge on any atom is -0.493 e. The van der Waals surface area contributed by atoms with E-state index in [1.54, 1.807) is 16.7 Å². The van der Waals surface area contributed by atoms with Crippen molar-refractivity contribution in [3.63, 3.8) is 0 Å². The minimum atomic E-state index is -0.260. The molecular weight excluding hydrogens is 414 g/mol. The predicted molar refractivity (Wildman–Crippen MR) is 116 cm³/mol. The molecule has 1 aliphatic carbocycles. The molecule has 1 amide bonds. The summed E-state index contributed by atoms with van der Waals surface area (Å²) in [6.45, 7) is 0.524. The zero-order valence-electron chi connectivity index (χ0n) is 15.5. The van der Waals surface area contributed by atoms with E-state index in [1.807, 2.05) is 6.07 Å². The second-order valence-corrected chi connectivity index (χ2v) is 9.69. The van der Waals surface area contributed by atoms with Crippen molar-refractivity contribution in [2.45, 2.75) is 37.2 Å². The molecule has 1 aliphatic rings. The molecular formula is C21H22ClNO3S2. The first kappa shape index (κ1) is 19.7. The van der Waals surface area contributed by atoms with Gasteiger partial charge in [-0.3, -0.25) is 4.79 Å². The number of aliphatic hydroxyl groups is 1. The highest BCUT2D eigenvalue weighted by Gasteiger charge is 2.38. The molecule has 2 aromatic heterocycles. The highest BCUT2D eigenvalue weighted by molar-refractivity contribution is 7.17. The second-order valence-electron chi connectivity index (χ2n) is 7.30. The van der Waals surface area contributed by atoms with E-state index in [-0.39, 0.29) is 17.4 Å². The summed E-state index contributed by atoms with van der Waals surface area (Å²) in [5, 5.41) is 18.4. The second kappa shape index (κ2) is 8.03. The fourth-order valence-corrected chi connectivity index (χ4v) is 6.23. The third-order valence-electron chi connectivity index (χ3n) is 5.70. The minimum absolute atomic E-state index is 0.176. The molecule has 4 rings (SSSR count). The zero-order valence-corrected chi connectivity index (χ0v) is 17.9. The molecule has 1 saturated carbocycles. The molecule has 2 heterocycles. The molecule has 28 heavy (non-hydrogen) atoms. The Bertz CT molecular complexity index is 989. The molecule has 0 atom stereocenters. The maximum absolute atomic E-state index is 12.8. The van der Waals surface area contributed by atoms with Gasteiger partial charge in [-0.2, -0.15) is 0 Å². The number of carbonyl (C=O) groups excluding carboxylic acids is 1. The lowest BCUT2D eigenvalue weighted by molar-refractivity contribution is 0.0853. The van der Waals surface area contributed by atoms with Crippen molar-refractivity contribution in [3.05, 3.63) is 50.5 Å². The molecule has 148 valence electrons. The third kappa shape index (κ3) is 3.54. The van der Waals surface area contributed by atoms with Crippen molar-refractivity contribution in [2.75, 3.05) is 13.7 Å². The third-order valence-corrected chi connectivity index (χ3v) is 7.85. The number of nitrogens with one attached hydrogen (secondary N) is 1. The Hall–Kier alpha value is -1.60. The lowest BCUT2D eigenvalue weighted by Gasteiger charge is -2.39. The van der Waals surface area contributed by atoms with Crippen molar-refractivity contribution in [1.29, 1.82) is 0 Å². The first-order chi connectivity index (χ1) is 13.5. The highest BCUT2D eigenvalue weighted by atomic mass is 35.5. The van der Waals surface area contributed by atoms with Crippen molar-refractivity contribution in [3.8, 4) is 5.75 Å². The van der Waals surface area contributed by atoms with Gasteiger partial charge in [0.05, 0.1) is 18.8 Å². The Labute approximate surface area is 177 Å². The van der Waals surface area contributed by atoms with E-state index in [9.17, 15) is 9.90 Å². The number of aliphatic hydroxyl groups excluding tert-OH is 1. The SMILES string of the molecule is COc1c(C(=O)NC[C@]2(c3csc4ccccc43)CC[C@H](O)CC2)csc1Cl.